The van der Waals surface area contributed by atoms with Crippen molar-refractivity contribution >= 4 is 5.91 Å². The van der Waals surface area contributed by atoms with Gasteiger partial charge in [-0.2, -0.15) is 5.26 Å². The van der Waals surface area contributed by atoms with Crippen LogP contribution in [-0.2, 0) is 6.42 Å². The lowest BCUT2D eigenvalue weighted by Gasteiger charge is -2.22. The fourth-order valence-electron chi connectivity index (χ4n) is 4.53. The van der Waals surface area contributed by atoms with Gasteiger partial charge in [-0.15, -0.1) is 0 Å². The standard InChI is InChI=1S/C29H29F2N3O2/c1-3-29(2,36)15-18-4-8-24(27(31)12-18)23-9-7-20(28(35)34-11-10-22(33)17-34)13-25(23)19-5-6-21(16-32)26(30)14-19/h4-9,12-14,22,36H,3,10-11,15,17,33H2,1-2H3/t22-,29?/m0/s1. The molecule has 2 atom stereocenters. The Labute approximate surface area is 209 Å². The van der Waals surface area contributed by atoms with Gasteiger partial charge in [0.05, 0.1) is 11.2 Å². The summed E-state index contributed by atoms with van der Waals surface area (Å²) in [5.74, 6) is -1.37. The van der Waals surface area contributed by atoms with Gasteiger partial charge in [-0.05, 0) is 72.4 Å². The van der Waals surface area contributed by atoms with E-state index in [1.165, 1.54) is 18.2 Å². The molecule has 1 aliphatic rings. The van der Waals surface area contributed by atoms with E-state index in [2.05, 4.69) is 0 Å². The third kappa shape index (κ3) is 5.30. The molecule has 1 unspecified atom stereocenters. The van der Waals surface area contributed by atoms with Crippen molar-refractivity contribution in [3.63, 3.8) is 0 Å². The van der Waals surface area contributed by atoms with E-state index < -0.39 is 17.2 Å². The molecule has 1 heterocycles. The maximum Gasteiger partial charge on any atom is 0.253 e. The number of amides is 1. The number of carbonyl (C=O) groups excluding carboxylic acids is 1. The van der Waals surface area contributed by atoms with Crippen LogP contribution in [0, 0.1) is 23.0 Å². The van der Waals surface area contributed by atoms with E-state index in [4.69, 9.17) is 11.0 Å². The zero-order valence-corrected chi connectivity index (χ0v) is 20.4. The van der Waals surface area contributed by atoms with Crippen molar-refractivity contribution in [2.45, 2.75) is 44.8 Å². The van der Waals surface area contributed by atoms with Crippen molar-refractivity contribution in [3.8, 4) is 28.3 Å². The minimum atomic E-state index is -0.945. The summed E-state index contributed by atoms with van der Waals surface area (Å²) < 4.78 is 29.9. The van der Waals surface area contributed by atoms with Gasteiger partial charge in [0.15, 0.2) is 0 Å². The van der Waals surface area contributed by atoms with Crippen LogP contribution in [0.1, 0.15) is 48.2 Å². The summed E-state index contributed by atoms with van der Waals surface area (Å²) in [6.07, 6.45) is 1.56. The number of rotatable bonds is 6. The number of nitriles is 1. The Balaban J connectivity index is 1.80. The molecule has 1 fully saturated rings. The average Bonchev–Trinajstić information content (AvgIpc) is 3.29. The molecule has 0 spiro atoms. The monoisotopic (exact) mass is 489 g/mol. The van der Waals surface area contributed by atoms with Gasteiger partial charge in [0.2, 0.25) is 0 Å². The summed E-state index contributed by atoms with van der Waals surface area (Å²) in [6, 6.07) is 15.6. The van der Waals surface area contributed by atoms with Gasteiger partial charge in [-0.3, -0.25) is 4.79 Å². The van der Waals surface area contributed by atoms with Gasteiger partial charge in [-0.25, -0.2) is 8.78 Å². The van der Waals surface area contributed by atoms with E-state index in [-0.39, 0.29) is 23.1 Å². The molecule has 0 radical (unpaired) electrons. The topological polar surface area (TPSA) is 90.3 Å². The Bertz CT molecular complexity index is 1350. The molecule has 0 saturated carbocycles. The molecular formula is C29H29F2N3O2. The van der Waals surface area contributed by atoms with Crippen LogP contribution >= 0.6 is 0 Å². The molecule has 3 aromatic rings. The first-order valence-corrected chi connectivity index (χ1v) is 12.0. The van der Waals surface area contributed by atoms with Crippen LogP contribution in [-0.4, -0.2) is 40.6 Å². The molecule has 7 heteroatoms. The molecule has 3 N–H and O–H groups in total. The van der Waals surface area contributed by atoms with Gasteiger partial charge >= 0.3 is 0 Å². The Morgan fingerprint density at radius 1 is 1.11 bits per heavy atom. The van der Waals surface area contributed by atoms with Crippen LogP contribution in [0.5, 0.6) is 0 Å². The second-order valence-corrected chi connectivity index (χ2v) is 9.71. The number of benzene rings is 3. The lowest BCUT2D eigenvalue weighted by molar-refractivity contribution is 0.0564. The first-order valence-electron chi connectivity index (χ1n) is 12.0. The highest BCUT2D eigenvalue weighted by atomic mass is 19.1. The third-order valence-electron chi connectivity index (χ3n) is 6.85. The van der Waals surface area contributed by atoms with Gasteiger partial charge in [0, 0.05) is 36.7 Å². The van der Waals surface area contributed by atoms with Crippen molar-refractivity contribution in [3.05, 3.63) is 82.9 Å². The van der Waals surface area contributed by atoms with E-state index in [1.807, 2.05) is 6.92 Å². The lowest BCUT2D eigenvalue weighted by Crippen LogP contribution is -2.31. The van der Waals surface area contributed by atoms with Crippen LogP contribution in [0.3, 0.4) is 0 Å². The van der Waals surface area contributed by atoms with Gasteiger partial charge < -0.3 is 15.7 Å². The van der Waals surface area contributed by atoms with Crippen LogP contribution < -0.4 is 5.73 Å². The maximum atomic E-state index is 15.4. The molecule has 36 heavy (non-hydrogen) atoms. The summed E-state index contributed by atoms with van der Waals surface area (Å²) in [6.45, 7) is 4.59. The first-order chi connectivity index (χ1) is 17.1. The molecule has 0 aromatic heterocycles. The van der Waals surface area contributed by atoms with Crippen LogP contribution in [0.2, 0.25) is 0 Å². The number of nitrogens with two attached hydrogens (primary N) is 1. The van der Waals surface area contributed by atoms with E-state index >= 15 is 4.39 Å². The summed E-state index contributed by atoms with van der Waals surface area (Å²) >= 11 is 0. The number of nitrogens with zero attached hydrogens (tertiary/aromatic N) is 2. The highest BCUT2D eigenvalue weighted by molar-refractivity contribution is 5.98. The van der Waals surface area contributed by atoms with Crippen LogP contribution in [0.4, 0.5) is 8.78 Å². The fourth-order valence-corrected chi connectivity index (χ4v) is 4.53. The minimum absolute atomic E-state index is 0.0681. The quantitative estimate of drug-likeness (QED) is 0.507. The number of hydrogen-bond donors (Lipinski definition) is 2. The van der Waals surface area contributed by atoms with E-state index in [0.717, 1.165) is 6.42 Å². The second-order valence-electron chi connectivity index (χ2n) is 9.71. The molecule has 186 valence electrons. The Hall–Kier alpha value is -3.60. The molecule has 1 amide bonds. The Morgan fingerprint density at radius 3 is 2.47 bits per heavy atom. The minimum Gasteiger partial charge on any atom is -0.390 e. The summed E-state index contributed by atoms with van der Waals surface area (Å²) in [5, 5.41) is 19.5. The zero-order chi connectivity index (χ0) is 26.0. The van der Waals surface area contributed by atoms with Crippen LogP contribution in [0.25, 0.3) is 22.3 Å². The van der Waals surface area contributed by atoms with Crippen molar-refractivity contribution in [2.75, 3.05) is 13.1 Å². The van der Waals surface area contributed by atoms with Gasteiger partial charge in [0.1, 0.15) is 17.7 Å². The summed E-state index contributed by atoms with van der Waals surface area (Å²) in [7, 11) is 0. The highest BCUT2D eigenvalue weighted by Gasteiger charge is 2.26. The molecule has 5 nitrogen and oxygen atoms in total. The van der Waals surface area contributed by atoms with Crippen molar-refractivity contribution < 1.29 is 18.7 Å². The lowest BCUT2D eigenvalue weighted by atomic mass is 9.89. The normalized spacial score (nSPS) is 17.0. The SMILES string of the molecule is CCC(C)(O)Cc1ccc(-c2ccc(C(=O)N3CC[C@H](N)C3)cc2-c2ccc(C#N)c(F)c2)c(F)c1. The number of carbonyl (C=O) groups is 1. The number of aliphatic hydroxyl groups is 1. The molecule has 0 aliphatic carbocycles. The third-order valence-corrected chi connectivity index (χ3v) is 6.85. The number of hydrogen-bond acceptors (Lipinski definition) is 4. The highest BCUT2D eigenvalue weighted by Crippen LogP contribution is 2.36. The number of likely N-dealkylation sites (tertiary alicyclic amines) is 1. The Morgan fingerprint density at radius 2 is 1.86 bits per heavy atom. The van der Waals surface area contributed by atoms with Crippen LogP contribution in [0.15, 0.2) is 54.6 Å². The maximum absolute atomic E-state index is 15.4. The molecule has 0 bridgehead atoms. The predicted octanol–water partition coefficient (Wildman–Crippen LogP) is 5.05. The summed E-state index contributed by atoms with van der Waals surface area (Å²) in [4.78, 5) is 14.8. The van der Waals surface area contributed by atoms with E-state index in [0.29, 0.717) is 53.7 Å². The zero-order valence-electron chi connectivity index (χ0n) is 20.4. The van der Waals surface area contributed by atoms with Crippen molar-refractivity contribution in [2.24, 2.45) is 5.73 Å². The Kier molecular flexibility index (Phi) is 7.21. The van der Waals surface area contributed by atoms with Gasteiger partial charge in [0.25, 0.3) is 5.91 Å². The van der Waals surface area contributed by atoms with E-state index in [1.54, 1.807) is 54.3 Å². The smallest absolute Gasteiger partial charge is 0.253 e. The summed E-state index contributed by atoms with van der Waals surface area (Å²) in [5.41, 5.74) is 7.64. The fraction of sp³-hybridized carbons (Fsp3) is 0.310. The second kappa shape index (κ2) is 10.2. The molecule has 1 aliphatic heterocycles. The average molecular weight is 490 g/mol. The molecule has 3 aromatic carbocycles. The first kappa shape index (κ1) is 25.5. The van der Waals surface area contributed by atoms with Crippen molar-refractivity contribution in [1.82, 2.24) is 4.90 Å². The molecule has 4 rings (SSSR count). The molecular weight excluding hydrogens is 460 g/mol. The van der Waals surface area contributed by atoms with Crippen molar-refractivity contribution in [1.29, 1.82) is 5.26 Å². The largest absolute Gasteiger partial charge is 0.390 e. The van der Waals surface area contributed by atoms with Gasteiger partial charge in [-0.1, -0.05) is 31.2 Å². The van der Waals surface area contributed by atoms with E-state index in [9.17, 15) is 14.3 Å². The predicted molar refractivity (Wildman–Crippen MR) is 135 cm³/mol. The molecule has 1 saturated heterocycles. The number of halogens is 2.